The summed E-state index contributed by atoms with van der Waals surface area (Å²) in [7, 11) is 0. The van der Waals surface area contributed by atoms with E-state index in [1.165, 1.54) is 12.1 Å². The summed E-state index contributed by atoms with van der Waals surface area (Å²) in [5.41, 5.74) is 1.10. The van der Waals surface area contributed by atoms with Crippen molar-refractivity contribution in [3.05, 3.63) is 48.5 Å². The van der Waals surface area contributed by atoms with Gasteiger partial charge in [0, 0.05) is 77.0 Å². The third kappa shape index (κ3) is 7.05. The molecule has 0 aliphatic carbocycles. The molecule has 0 amide bonds. The maximum Gasteiger partial charge on any atom is 0.191 e. The minimum atomic E-state index is -0.182. The van der Waals surface area contributed by atoms with Gasteiger partial charge in [0.1, 0.15) is 5.82 Å². The quantitative estimate of drug-likeness (QED) is 0.381. The van der Waals surface area contributed by atoms with Gasteiger partial charge in [-0.05, 0) is 43.7 Å². The standard InChI is InChI=1S/C21H32FN7/c1-2-23-21(24-9-3-12-29-13-4-10-26-29)25-11-14-27-15-17-28(18-16-27)20-7-5-19(22)6-8-20/h4-8,10,13H,2-3,9,11-12,14-18H2,1H3,(H2,23,24,25). The molecule has 3 rings (SSSR count). The first-order chi connectivity index (χ1) is 14.2. The van der Waals surface area contributed by atoms with Gasteiger partial charge in [-0.15, -0.1) is 0 Å². The molecule has 0 saturated carbocycles. The highest BCUT2D eigenvalue weighted by Crippen LogP contribution is 2.16. The van der Waals surface area contributed by atoms with Crippen LogP contribution < -0.4 is 15.5 Å². The summed E-state index contributed by atoms with van der Waals surface area (Å²) in [6.07, 6.45) is 4.74. The van der Waals surface area contributed by atoms with Crippen LogP contribution in [0.5, 0.6) is 0 Å². The molecular weight excluding hydrogens is 369 g/mol. The zero-order chi connectivity index (χ0) is 20.3. The van der Waals surface area contributed by atoms with Crippen molar-refractivity contribution in [1.29, 1.82) is 0 Å². The van der Waals surface area contributed by atoms with Crippen LogP contribution in [0.3, 0.4) is 0 Å². The number of rotatable bonds is 9. The lowest BCUT2D eigenvalue weighted by atomic mass is 10.2. The molecule has 7 nitrogen and oxygen atoms in total. The van der Waals surface area contributed by atoms with Crippen LogP contribution in [0.1, 0.15) is 13.3 Å². The van der Waals surface area contributed by atoms with E-state index in [0.29, 0.717) is 0 Å². The average Bonchev–Trinajstić information content (AvgIpc) is 3.26. The van der Waals surface area contributed by atoms with Gasteiger partial charge in [0.15, 0.2) is 5.96 Å². The molecular formula is C21H32FN7. The summed E-state index contributed by atoms with van der Waals surface area (Å²) in [5, 5.41) is 10.9. The highest BCUT2D eigenvalue weighted by atomic mass is 19.1. The van der Waals surface area contributed by atoms with Gasteiger partial charge in [0.2, 0.25) is 0 Å². The Kier molecular flexibility index (Phi) is 8.30. The van der Waals surface area contributed by atoms with Crippen LogP contribution >= 0.6 is 0 Å². The van der Waals surface area contributed by atoms with Gasteiger partial charge in [-0.1, -0.05) is 0 Å². The molecule has 0 spiro atoms. The Morgan fingerprint density at radius 2 is 1.90 bits per heavy atom. The fourth-order valence-corrected chi connectivity index (χ4v) is 3.41. The van der Waals surface area contributed by atoms with Crippen LogP contribution in [0.15, 0.2) is 47.7 Å². The van der Waals surface area contributed by atoms with E-state index < -0.39 is 0 Å². The van der Waals surface area contributed by atoms with Crippen LogP contribution in [0, 0.1) is 5.82 Å². The summed E-state index contributed by atoms with van der Waals surface area (Å²) in [6.45, 7) is 10.4. The highest BCUT2D eigenvalue weighted by molar-refractivity contribution is 5.79. The van der Waals surface area contributed by atoms with Gasteiger partial charge < -0.3 is 15.5 Å². The Morgan fingerprint density at radius 1 is 1.10 bits per heavy atom. The molecule has 2 aromatic rings. The summed E-state index contributed by atoms with van der Waals surface area (Å²) in [5.74, 6) is 0.691. The number of halogens is 1. The fourth-order valence-electron chi connectivity index (χ4n) is 3.41. The third-order valence-corrected chi connectivity index (χ3v) is 5.00. The molecule has 0 unspecified atom stereocenters. The Bertz CT molecular complexity index is 722. The predicted molar refractivity (Wildman–Crippen MR) is 116 cm³/mol. The number of aryl methyl sites for hydroxylation is 1. The van der Waals surface area contributed by atoms with Gasteiger partial charge in [-0.3, -0.25) is 14.6 Å². The first-order valence-electron chi connectivity index (χ1n) is 10.5. The van der Waals surface area contributed by atoms with E-state index in [9.17, 15) is 4.39 Å². The van der Waals surface area contributed by atoms with E-state index in [1.807, 2.05) is 29.1 Å². The molecule has 1 saturated heterocycles. The number of anilines is 1. The smallest absolute Gasteiger partial charge is 0.191 e. The lowest BCUT2D eigenvalue weighted by Crippen LogP contribution is -2.49. The molecule has 1 aliphatic rings. The van der Waals surface area contributed by atoms with E-state index in [-0.39, 0.29) is 5.82 Å². The molecule has 0 bridgehead atoms. The number of aromatic nitrogens is 2. The third-order valence-electron chi connectivity index (χ3n) is 5.00. The Labute approximate surface area is 172 Å². The monoisotopic (exact) mass is 401 g/mol. The molecule has 1 fully saturated rings. The maximum atomic E-state index is 13.1. The van der Waals surface area contributed by atoms with Crippen molar-refractivity contribution in [1.82, 2.24) is 25.3 Å². The second-order valence-electron chi connectivity index (χ2n) is 7.12. The van der Waals surface area contributed by atoms with E-state index in [1.54, 1.807) is 6.20 Å². The summed E-state index contributed by atoms with van der Waals surface area (Å²) >= 11 is 0. The molecule has 2 N–H and O–H groups in total. The van der Waals surface area contributed by atoms with Crippen molar-refractivity contribution >= 4 is 11.6 Å². The van der Waals surface area contributed by atoms with Gasteiger partial charge in [-0.25, -0.2) is 4.39 Å². The van der Waals surface area contributed by atoms with Crippen LogP contribution in [0.25, 0.3) is 0 Å². The van der Waals surface area contributed by atoms with Crippen LogP contribution in [0.2, 0.25) is 0 Å². The number of hydrogen-bond acceptors (Lipinski definition) is 4. The first-order valence-corrected chi connectivity index (χ1v) is 10.5. The first kappa shape index (κ1) is 21.1. The van der Waals surface area contributed by atoms with Crippen molar-refractivity contribution in [2.75, 3.05) is 57.3 Å². The van der Waals surface area contributed by atoms with Gasteiger partial charge in [0.25, 0.3) is 0 Å². The molecule has 1 aromatic carbocycles. The number of benzene rings is 1. The second-order valence-corrected chi connectivity index (χ2v) is 7.12. The number of aliphatic imine (C=N–C) groups is 1. The largest absolute Gasteiger partial charge is 0.369 e. The average molecular weight is 402 g/mol. The molecule has 158 valence electrons. The number of guanidine groups is 1. The number of nitrogens with zero attached hydrogens (tertiary/aromatic N) is 5. The van der Waals surface area contributed by atoms with E-state index in [4.69, 9.17) is 0 Å². The zero-order valence-electron chi connectivity index (χ0n) is 17.2. The summed E-state index contributed by atoms with van der Waals surface area (Å²) in [6, 6.07) is 8.72. The Hall–Kier alpha value is -2.61. The van der Waals surface area contributed by atoms with Gasteiger partial charge in [0.05, 0.1) is 0 Å². The van der Waals surface area contributed by atoms with Crippen molar-refractivity contribution in [3.8, 4) is 0 Å². The molecule has 29 heavy (non-hydrogen) atoms. The minimum absolute atomic E-state index is 0.182. The zero-order valence-corrected chi connectivity index (χ0v) is 17.2. The van der Waals surface area contributed by atoms with Gasteiger partial charge >= 0.3 is 0 Å². The maximum absolute atomic E-state index is 13.1. The molecule has 0 atom stereocenters. The number of piperazine rings is 1. The predicted octanol–water partition coefficient (Wildman–Crippen LogP) is 1.79. The lowest BCUT2D eigenvalue weighted by Gasteiger charge is -2.36. The minimum Gasteiger partial charge on any atom is -0.369 e. The van der Waals surface area contributed by atoms with E-state index >= 15 is 0 Å². The van der Waals surface area contributed by atoms with E-state index in [0.717, 1.165) is 77.0 Å². The topological polar surface area (TPSA) is 60.7 Å². The van der Waals surface area contributed by atoms with Gasteiger partial charge in [-0.2, -0.15) is 5.10 Å². The number of nitrogens with one attached hydrogen (secondary N) is 2. The fraction of sp³-hybridized carbons (Fsp3) is 0.524. The Morgan fingerprint density at radius 3 is 2.59 bits per heavy atom. The van der Waals surface area contributed by atoms with Crippen molar-refractivity contribution in [3.63, 3.8) is 0 Å². The molecule has 0 radical (unpaired) electrons. The van der Waals surface area contributed by atoms with Crippen molar-refractivity contribution < 1.29 is 4.39 Å². The summed E-state index contributed by atoms with van der Waals surface area (Å²) < 4.78 is 15.0. The van der Waals surface area contributed by atoms with Crippen molar-refractivity contribution in [2.24, 2.45) is 4.99 Å². The van der Waals surface area contributed by atoms with Crippen LogP contribution in [-0.4, -0.2) is 73.0 Å². The van der Waals surface area contributed by atoms with E-state index in [2.05, 4.69) is 37.4 Å². The molecule has 1 aliphatic heterocycles. The van der Waals surface area contributed by atoms with Crippen LogP contribution in [-0.2, 0) is 6.54 Å². The van der Waals surface area contributed by atoms with Crippen molar-refractivity contribution in [2.45, 2.75) is 19.9 Å². The molecule has 1 aromatic heterocycles. The molecule has 2 heterocycles. The normalized spacial score (nSPS) is 15.5. The second kappa shape index (κ2) is 11.4. The SMILES string of the molecule is CCNC(=NCCCn1cccn1)NCCN1CCN(c2ccc(F)cc2)CC1. The number of hydrogen-bond donors (Lipinski definition) is 2. The summed E-state index contributed by atoms with van der Waals surface area (Å²) in [4.78, 5) is 9.42. The highest BCUT2D eigenvalue weighted by Gasteiger charge is 2.16. The van der Waals surface area contributed by atoms with Crippen LogP contribution in [0.4, 0.5) is 10.1 Å². The molecule has 8 heteroatoms. The Balaban J connectivity index is 1.34. The lowest BCUT2D eigenvalue weighted by molar-refractivity contribution is 0.261.